The van der Waals surface area contributed by atoms with E-state index >= 15 is 0 Å². The number of aliphatic imine (C=N–C) groups is 1. The number of rotatable bonds is 14. The number of carbonyl (C=O) groups is 5. The molecule has 0 aromatic carbocycles. The molecule has 1 fully saturated rings. The first kappa shape index (κ1) is 27.6. The molecule has 1 rings (SSSR count). The van der Waals surface area contributed by atoms with Crippen LogP contribution in [0.3, 0.4) is 0 Å². The highest BCUT2D eigenvalue weighted by Gasteiger charge is 2.30. The highest BCUT2D eigenvalue weighted by atomic mass is 16.4. The van der Waals surface area contributed by atoms with Crippen molar-refractivity contribution >= 4 is 35.6 Å². The van der Waals surface area contributed by atoms with Gasteiger partial charge in [-0.3, -0.25) is 24.2 Å². The molecule has 33 heavy (non-hydrogen) atoms. The predicted octanol–water partition coefficient (Wildman–Crippen LogP) is -2.78. The topological polar surface area (TPSA) is 238 Å². The summed E-state index contributed by atoms with van der Waals surface area (Å²) in [5.74, 6) is -4.46. The van der Waals surface area contributed by atoms with Gasteiger partial charge in [0.05, 0.1) is 6.04 Å². The lowest BCUT2D eigenvalue weighted by atomic mass is 10.1. The summed E-state index contributed by atoms with van der Waals surface area (Å²) in [6, 6.07) is -3.99. The molecular formula is C19H33N7O7. The van der Waals surface area contributed by atoms with Gasteiger partial charge in [-0.05, 0) is 45.6 Å². The second-order valence-electron chi connectivity index (χ2n) is 7.72. The molecule has 1 aliphatic heterocycles. The van der Waals surface area contributed by atoms with E-state index in [4.69, 9.17) is 16.6 Å². The highest BCUT2D eigenvalue weighted by Crippen LogP contribution is 2.07. The predicted molar refractivity (Wildman–Crippen MR) is 117 cm³/mol. The van der Waals surface area contributed by atoms with Crippen LogP contribution in [0.25, 0.3) is 0 Å². The molecule has 14 heteroatoms. The van der Waals surface area contributed by atoms with E-state index in [1.54, 1.807) is 0 Å². The Morgan fingerprint density at radius 1 is 1.03 bits per heavy atom. The average Bonchev–Trinajstić information content (AvgIpc) is 3.27. The summed E-state index contributed by atoms with van der Waals surface area (Å²) in [5, 5.41) is 28.5. The molecule has 0 saturated carbocycles. The fourth-order valence-electron chi connectivity index (χ4n) is 3.15. The van der Waals surface area contributed by atoms with E-state index in [1.807, 2.05) is 0 Å². The van der Waals surface area contributed by atoms with Crippen molar-refractivity contribution in [1.29, 1.82) is 0 Å². The van der Waals surface area contributed by atoms with Crippen LogP contribution >= 0.6 is 0 Å². The number of carboxylic acids is 2. The molecule has 0 aliphatic carbocycles. The first-order chi connectivity index (χ1) is 15.5. The number of amides is 3. The number of hydrogen-bond acceptors (Lipinski definition) is 7. The minimum absolute atomic E-state index is 0.0597. The molecular weight excluding hydrogens is 438 g/mol. The molecule has 3 amide bonds. The van der Waals surface area contributed by atoms with E-state index in [9.17, 15) is 29.1 Å². The SMILES string of the molecule is CC(NC(=O)C(CCC(=O)O)NC(=O)C1CCCN1)C(=O)NC(CCCN=C(N)N)C(=O)O. The van der Waals surface area contributed by atoms with Gasteiger partial charge in [-0.25, -0.2) is 4.79 Å². The summed E-state index contributed by atoms with van der Waals surface area (Å²) >= 11 is 0. The molecule has 0 radical (unpaired) electrons. The van der Waals surface area contributed by atoms with Crippen LogP contribution in [0.2, 0.25) is 0 Å². The Morgan fingerprint density at radius 3 is 2.27 bits per heavy atom. The van der Waals surface area contributed by atoms with Gasteiger partial charge in [0.25, 0.3) is 0 Å². The van der Waals surface area contributed by atoms with Crippen LogP contribution in [0.1, 0.15) is 45.4 Å². The van der Waals surface area contributed by atoms with Gasteiger partial charge in [-0.15, -0.1) is 0 Å². The van der Waals surface area contributed by atoms with E-state index in [0.29, 0.717) is 19.4 Å². The normalized spacial score (nSPS) is 17.8. The molecule has 186 valence electrons. The van der Waals surface area contributed by atoms with Crippen molar-refractivity contribution in [1.82, 2.24) is 21.3 Å². The van der Waals surface area contributed by atoms with Gasteiger partial charge in [0, 0.05) is 13.0 Å². The molecule has 0 spiro atoms. The molecule has 1 heterocycles. The lowest BCUT2D eigenvalue weighted by Crippen LogP contribution is -2.56. The van der Waals surface area contributed by atoms with Gasteiger partial charge < -0.3 is 42.9 Å². The van der Waals surface area contributed by atoms with Gasteiger partial charge in [0.15, 0.2) is 5.96 Å². The molecule has 0 aromatic rings. The van der Waals surface area contributed by atoms with Gasteiger partial charge in [-0.2, -0.15) is 0 Å². The minimum atomic E-state index is -1.26. The molecule has 0 bridgehead atoms. The number of hydrogen-bond donors (Lipinski definition) is 8. The maximum Gasteiger partial charge on any atom is 0.326 e. The summed E-state index contributed by atoms with van der Waals surface area (Å²) in [6.07, 6.45) is 1.22. The molecule has 1 aliphatic rings. The summed E-state index contributed by atoms with van der Waals surface area (Å²) in [7, 11) is 0. The molecule has 4 atom stereocenters. The fourth-order valence-corrected chi connectivity index (χ4v) is 3.15. The highest BCUT2D eigenvalue weighted by molar-refractivity contribution is 5.94. The van der Waals surface area contributed by atoms with Crippen LogP contribution in [0.5, 0.6) is 0 Å². The Labute approximate surface area is 190 Å². The second kappa shape index (κ2) is 13.9. The zero-order chi connectivity index (χ0) is 25.0. The number of guanidine groups is 1. The lowest BCUT2D eigenvalue weighted by Gasteiger charge is -2.23. The van der Waals surface area contributed by atoms with Crippen LogP contribution in [0.15, 0.2) is 4.99 Å². The third-order valence-electron chi connectivity index (χ3n) is 4.97. The van der Waals surface area contributed by atoms with Crippen LogP contribution in [-0.2, 0) is 24.0 Å². The van der Waals surface area contributed by atoms with E-state index in [2.05, 4.69) is 26.3 Å². The Kier molecular flexibility index (Phi) is 11.6. The van der Waals surface area contributed by atoms with Crippen LogP contribution in [0, 0.1) is 0 Å². The van der Waals surface area contributed by atoms with Gasteiger partial charge in [0.2, 0.25) is 17.7 Å². The lowest BCUT2D eigenvalue weighted by molar-refractivity contribution is -0.142. The number of nitrogens with two attached hydrogens (primary N) is 2. The fraction of sp³-hybridized carbons (Fsp3) is 0.684. The van der Waals surface area contributed by atoms with E-state index in [-0.39, 0.29) is 31.8 Å². The number of carbonyl (C=O) groups excluding carboxylic acids is 3. The monoisotopic (exact) mass is 471 g/mol. The molecule has 14 nitrogen and oxygen atoms in total. The van der Waals surface area contributed by atoms with E-state index < -0.39 is 53.8 Å². The van der Waals surface area contributed by atoms with Gasteiger partial charge >= 0.3 is 11.9 Å². The Balaban J connectivity index is 2.68. The second-order valence-corrected chi connectivity index (χ2v) is 7.72. The van der Waals surface area contributed by atoms with Crippen molar-refractivity contribution < 1.29 is 34.2 Å². The summed E-state index contributed by atoms with van der Waals surface area (Å²) in [5.41, 5.74) is 10.4. The maximum atomic E-state index is 12.6. The first-order valence-corrected chi connectivity index (χ1v) is 10.7. The number of carboxylic acid groups (broad SMARTS) is 2. The third-order valence-corrected chi connectivity index (χ3v) is 4.97. The number of nitrogens with one attached hydrogen (secondary N) is 4. The zero-order valence-electron chi connectivity index (χ0n) is 18.5. The van der Waals surface area contributed by atoms with Crippen LogP contribution in [0.4, 0.5) is 0 Å². The van der Waals surface area contributed by atoms with Gasteiger partial charge in [0.1, 0.15) is 18.1 Å². The Morgan fingerprint density at radius 2 is 1.73 bits per heavy atom. The Bertz CT molecular complexity index is 749. The smallest absolute Gasteiger partial charge is 0.326 e. The van der Waals surface area contributed by atoms with Crippen molar-refractivity contribution in [2.75, 3.05) is 13.1 Å². The number of nitrogens with zero attached hydrogens (tertiary/aromatic N) is 1. The van der Waals surface area contributed by atoms with Crippen molar-refractivity contribution in [3.8, 4) is 0 Å². The van der Waals surface area contributed by atoms with Crippen molar-refractivity contribution in [3.05, 3.63) is 0 Å². The van der Waals surface area contributed by atoms with Crippen molar-refractivity contribution in [3.63, 3.8) is 0 Å². The largest absolute Gasteiger partial charge is 0.481 e. The quantitative estimate of drug-likeness (QED) is 0.0736. The summed E-state index contributed by atoms with van der Waals surface area (Å²) < 4.78 is 0. The molecule has 0 aromatic heterocycles. The minimum Gasteiger partial charge on any atom is -0.481 e. The van der Waals surface area contributed by atoms with Gasteiger partial charge in [-0.1, -0.05) is 0 Å². The van der Waals surface area contributed by atoms with Crippen molar-refractivity contribution in [2.45, 2.75) is 69.6 Å². The zero-order valence-corrected chi connectivity index (χ0v) is 18.5. The first-order valence-electron chi connectivity index (χ1n) is 10.7. The average molecular weight is 472 g/mol. The van der Waals surface area contributed by atoms with E-state index in [0.717, 1.165) is 6.42 Å². The molecule has 1 saturated heterocycles. The summed E-state index contributed by atoms with van der Waals surface area (Å²) in [6.45, 7) is 2.20. The number of aliphatic carboxylic acids is 2. The van der Waals surface area contributed by atoms with Crippen molar-refractivity contribution in [2.24, 2.45) is 16.5 Å². The summed E-state index contributed by atoms with van der Waals surface area (Å²) in [4.78, 5) is 63.5. The van der Waals surface area contributed by atoms with Crippen LogP contribution in [-0.4, -0.2) is 83.1 Å². The van der Waals surface area contributed by atoms with E-state index in [1.165, 1.54) is 6.92 Å². The van der Waals surface area contributed by atoms with Crippen LogP contribution < -0.4 is 32.7 Å². The molecule has 4 unspecified atom stereocenters. The standard InChI is InChI=1S/C19H33N7O7/c1-10(15(29)26-13(18(32)33)5-3-9-23-19(20)21)24-17(31)12(6-7-14(27)28)25-16(30)11-4-2-8-22-11/h10-13,22H,2-9H2,1H3,(H,24,31)(H,25,30)(H,26,29)(H,27,28)(H,32,33)(H4,20,21,23). The maximum absolute atomic E-state index is 12.6. The molecule has 10 N–H and O–H groups in total. The Hall–Kier alpha value is -3.42. The third kappa shape index (κ3) is 10.6.